The molecule has 0 aliphatic carbocycles. The van der Waals surface area contributed by atoms with E-state index in [1.807, 2.05) is 26.8 Å². The van der Waals surface area contributed by atoms with E-state index in [1.54, 1.807) is 12.1 Å². The summed E-state index contributed by atoms with van der Waals surface area (Å²) in [4.78, 5) is 8.67. The maximum atomic E-state index is 8.98. The molecule has 0 bridgehead atoms. The minimum atomic E-state index is 0.452. The van der Waals surface area contributed by atoms with Crippen LogP contribution < -0.4 is 5.32 Å². The van der Waals surface area contributed by atoms with Crippen LogP contribution in [-0.4, -0.2) is 9.97 Å². The van der Waals surface area contributed by atoms with Gasteiger partial charge in [0.25, 0.3) is 0 Å². The Balaban J connectivity index is 2.44. The van der Waals surface area contributed by atoms with Crippen molar-refractivity contribution in [2.45, 2.75) is 27.2 Å². The topological polar surface area (TPSA) is 61.6 Å². The van der Waals surface area contributed by atoms with Crippen LogP contribution >= 0.6 is 11.6 Å². The van der Waals surface area contributed by atoms with E-state index >= 15 is 0 Å². The first-order chi connectivity index (χ1) is 9.55. The Hall–Kier alpha value is -2.12. The first kappa shape index (κ1) is 14.3. The Morgan fingerprint density at radius 1 is 1.30 bits per heavy atom. The first-order valence-electron chi connectivity index (χ1n) is 6.36. The number of aryl methyl sites for hydroxylation is 2. The predicted octanol–water partition coefficient (Wildman–Crippen LogP) is 3.92. The van der Waals surface area contributed by atoms with Crippen LogP contribution in [0.5, 0.6) is 0 Å². The maximum Gasteiger partial charge on any atom is 0.138 e. The van der Waals surface area contributed by atoms with Crippen molar-refractivity contribution < 1.29 is 0 Å². The fourth-order valence-electron chi connectivity index (χ4n) is 1.77. The lowest BCUT2D eigenvalue weighted by molar-refractivity contribution is 0.934. The quantitative estimate of drug-likeness (QED) is 0.869. The third kappa shape index (κ3) is 2.89. The van der Waals surface area contributed by atoms with Gasteiger partial charge in [0.15, 0.2) is 0 Å². The van der Waals surface area contributed by atoms with Crippen LogP contribution in [0, 0.1) is 25.2 Å². The Morgan fingerprint density at radius 2 is 2.05 bits per heavy atom. The van der Waals surface area contributed by atoms with Gasteiger partial charge in [0.05, 0.1) is 11.6 Å². The maximum absolute atomic E-state index is 8.98. The summed E-state index contributed by atoms with van der Waals surface area (Å²) < 4.78 is 0. The van der Waals surface area contributed by atoms with Crippen molar-refractivity contribution in [2.75, 3.05) is 5.32 Å². The third-order valence-electron chi connectivity index (χ3n) is 3.07. The number of aromatic nitrogens is 2. The molecule has 1 aromatic carbocycles. The molecular weight excluding hydrogens is 272 g/mol. The van der Waals surface area contributed by atoms with E-state index in [1.165, 1.54) is 0 Å². The van der Waals surface area contributed by atoms with E-state index in [4.69, 9.17) is 16.9 Å². The standard InChI is InChI=1S/C15H15ClN4/c1-4-13-19-14(16)10(3)15(20-13)18-12-7-11(8-17)6-5-9(12)2/h5-7H,4H2,1-3H3,(H,18,19,20). The smallest absolute Gasteiger partial charge is 0.138 e. The highest BCUT2D eigenvalue weighted by atomic mass is 35.5. The summed E-state index contributed by atoms with van der Waals surface area (Å²) in [6.45, 7) is 5.82. The molecule has 1 heterocycles. The van der Waals surface area contributed by atoms with Gasteiger partial charge in [0.1, 0.15) is 16.8 Å². The minimum absolute atomic E-state index is 0.452. The molecule has 2 rings (SSSR count). The Morgan fingerprint density at radius 3 is 2.70 bits per heavy atom. The first-order valence-corrected chi connectivity index (χ1v) is 6.73. The molecule has 5 heteroatoms. The zero-order chi connectivity index (χ0) is 14.7. The lowest BCUT2D eigenvalue weighted by Crippen LogP contribution is -2.04. The zero-order valence-corrected chi connectivity index (χ0v) is 12.4. The van der Waals surface area contributed by atoms with Crippen molar-refractivity contribution in [2.24, 2.45) is 0 Å². The normalized spacial score (nSPS) is 10.2. The van der Waals surface area contributed by atoms with Gasteiger partial charge in [-0.15, -0.1) is 0 Å². The molecule has 0 radical (unpaired) electrons. The summed E-state index contributed by atoms with van der Waals surface area (Å²) in [6, 6.07) is 7.62. The van der Waals surface area contributed by atoms with Crippen molar-refractivity contribution in [1.29, 1.82) is 5.26 Å². The van der Waals surface area contributed by atoms with Crippen LogP contribution in [0.1, 0.15) is 29.4 Å². The number of nitrogens with one attached hydrogen (secondary N) is 1. The number of nitrogens with zero attached hydrogens (tertiary/aromatic N) is 3. The molecule has 4 nitrogen and oxygen atoms in total. The summed E-state index contributed by atoms with van der Waals surface area (Å²) >= 11 is 6.12. The average Bonchev–Trinajstić information content (AvgIpc) is 2.45. The van der Waals surface area contributed by atoms with E-state index in [9.17, 15) is 0 Å². The summed E-state index contributed by atoms with van der Waals surface area (Å²) in [6.07, 6.45) is 0.714. The van der Waals surface area contributed by atoms with Crippen LogP contribution in [0.2, 0.25) is 5.15 Å². The van der Waals surface area contributed by atoms with Crippen molar-refractivity contribution in [1.82, 2.24) is 9.97 Å². The molecule has 1 aromatic heterocycles. The zero-order valence-electron chi connectivity index (χ0n) is 11.7. The van der Waals surface area contributed by atoms with Gasteiger partial charge in [-0.25, -0.2) is 9.97 Å². The van der Waals surface area contributed by atoms with Gasteiger partial charge in [0.2, 0.25) is 0 Å². The molecule has 20 heavy (non-hydrogen) atoms. The van der Waals surface area contributed by atoms with Crippen LogP contribution in [0.25, 0.3) is 0 Å². The van der Waals surface area contributed by atoms with Gasteiger partial charge in [-0.05, 0) is 31.5 Å². The van der Waals surface area contributed by atoms with Crippen molar-refractivity contribution in [3.05, 3.63) is 45.9 Å². The molecule has 0 unspecified atom stereocenters. The Bertz CT molecular complexity index is 689. The molecule has 0 spiro atoms. The lowest BCUT2D eigenvalue weighted by Gasteiger charge is -2.13. The van der Waals surface area contributed by atoms with E-state index in [0.717, 1.165) is 16.8 Å². The number of anilines is 2. The number of nitriles is 1. The Kier molecular flexibility index (Phi) is 4.21. The summed E-state index contributed by atoms with van der Waals surface area (Å²) in [7, 11) is 0. The van der Waals surface area contributed by atoms with Crippen molar-refractivity contribution >= 4 is 23.1 Å². The highest BCUT2D eigenvalue weighted by Gasteiger charge is 2.10. The van der Waals surface area contributed by atoms with Gasteiger partial charge in [-0.2, -0.15) is 5.26 Å². The van der Waals surface area contributed by atoms with E-state index in [0.29, 0.717) is 28.8 Å². The highest BCUT2D eigenvalue weighted by Crippen LogP contribution is 2.26. The molecule has 0 fully saturated rings. The highest BCUT2D eigenvalue weighted by molar-refractivity contribution is 6.30. The third-order valence-corrected chi connectivity index (χ3v) is 3.44. The van der Waals surface area contributed by atoms with Crippen molar-refractivity contribution in [3.8, 4) is 6.07 Å². The predicted molar refractivity (Wildman–Crippen MR) is 80.3 cm³/mol. The van der Waals surface area contributed by atoms with Crippen LogP contribution in [0.15, 0.2) is 18.2 Å². The number of rotatable bonds is 3. The molecule has 0 aliphatic rings. The fourth-order valence-corrected chi connectivity index (χ4v) is 1.95. The number of benzene rings is 1. The molecule has 0 saturated heterocycles. The van der Waals surface area contributed by atoms with Gasteiger partial charge in [-0.3, -0.25) is 0 Å². The molecule has 2 aromatic rings. The molecule has 0 saturated carbocycles. The van der Waals surface area contributed by atoms with Gasteiger partial charge < -0.3 is 5.32 Å². The molecular formula is C15H15ClN4. The van der Waals surface area contributed by atoms with E-state index in [2.05, 4.69) is 21.4 Å². The van der Waals surface area contributed by atoms with E-state index in [-0.39, 0.29) is 0 Å². The number of hydrogen-bond donors (Lipinski definition) is 1. The van der Waals surface area contributed by atoms with Gasteiger partial charge >= 0.3 is 0 Å². The molecule has 1 N–H and O–H groups in total. The fraction of sp³-hybridized carbons (Fsp3) is 0.267. The van der Waals surface area contributed by atoms with Crippen LogP contribution in [0.4, 0.5) is 11.5 Å². The molecule has 102 valence electrons. The van der Waals surface area contributed by atoms with Crippen molar-refractivity contribution in [3.63, 3.8) is 0 Å². The summed E-state index contributed by atoms with van der Waals surface area (Å²) in [5.41, 5.74) is 3.29. The lowest BCUT2D eigenvalue weighted by atomic mass is 10.1. The largest absolute Gasteiger partial charge is 0.340 e. The molecule has 0 aliphatic heterocycles. The van der Waals surface area contributed by atoms with Crippen LogP contribution in [-0.2, 0) is 6.42 Å². The SMILES string of the molecule is CCc1nc(Cl)c(C)c(Nc2cc(C#N)ccc2C)n1. The molecule has 0 amide bonds. The number of halogens is 1. The monoisotopic (exact) mass is 286 g/mol. The summed E-state index contributed by atoms with van der Waals surface area (Å²) in [5, 5.41) is 12.7. The Labute approximate surface area is 123 Å². The summed E-state index contributed by atoms with van der Waals surface area (Å²) in [5.74, 6) is 1.37. The second-order valence-electron chi connectivity index (χ2n) is 4.52. The van der Waals surface area contributed by atoms with Crippen LogP contribution in [0.3, 0.4) is 0 Å². The van der Waals surface area contributed by atoms with Gasteiger partial charge in [0, 0.05) is 17.7 Å². The van der Waals surface area contributed by atoms with Gasteiger partial charge in [-0.1, -0.05) is 24.6 Å². The van der Waals surface area contributed by atoms with E-state index < -0.39 is 0 Å². The minimum Gasteiger partial charge on any atom is -0.340 e. The second kappa shape index (κ2) is 5.89. The average molecular weight is 287 g/mol. The second-order valence-corrected chi connectivity index (χ2v) is 4.88. The number of hydrogen-bond acceptors (Lipinski definition) is 4. The molecule has 0 atom stereocenters.